The van der Waals surface area contributed by atoms with E-state index in [1.54, 1.807) is 6.92 Å². The highest BCUT2D eigenvalue weighted by Crippen LogP contribution is 2.28. The van der Waals surface area contributed by atoms with Crippen molar-refractivity contribution < 1.29 is 19.1 Å². The van der Waals surface area contributed by atoms with Crippen LogP contribution in [-0.4, -0.2) is 46.7 Å². The van der Waals surface area contributed by atoms with Crippen LogP contribution < -0.4 is 5.32 Å². The molecule has 2 unspecified atom stereocenters. The number of ether oxygens (including phenoxy) is 2. The van der Waals surface area contributed by atoms with Crippen LogP contribution >= 0.6 is 0 Å². The molecule has 1 aromatic carbocycles. The van der Waals surface area contributed by atoms with Gasteiger partial charge in [-0.25, -0.2) is 4.98 Å². The number of esters is 1. The highest BCUT2D eigenvalue weighted by molar-refractivity contribution is 5.96. The van der Waals surface area contributed by atoms with E-state index in [1.165, 1.54) is 12.8 Å². The topological polar surface area (TPSA) is 82.5 Å². The minimum atomic E-state index is -0.400. The zero-order valence-electron chi connectivity index (χ0n) is 25.6. The van der Waals surface area contributed by atoms with E-state index < -0.39 is 6.04 Å². The number of imidazole rings is 1. The van der Waals surface area contributed by atoms with Gasteiger partial charge in [-0.3, -0.25) is 9.59 Å². The van der Waals surface area contributed by atoms with Gasteiger partial charge in [0.05, 0.1) is 24.2 Å². The van der Waals surface area contributed by atoms with Crippen LogP contribution in [0, 0.1) is 11.8 Å². The molecule has 0 amide bonds. The summed E-state index contributed by atoms with van der Waals surface area (Å²) in [6.07, 6.45) is 9.22. The summed E-state index contributed by atoms with van der Waals surface area (Å²) in [6, 6.07) is 5.97. The summed E-state index contributed by atoms with van der Waals surface area (Å²) in [4.78, 5) is 30.0. The molecule has 2 atom stereocenters. The number of fused-ring (bicyclic) bond motifs is 1. The summed E-state index contributed by atoms with van der Waals surface area (Å²) in [7, 11) is 0. The van der Waals surface area contributed by atoms with E-state index >= 15 is 0 Å². The number of hydrogen-bond acceptors (Lipinski definition) is 6. The van der Waals surface area contributed by atoms with E-state index in [-0.39, 0.29) is 23.8 Å². The zero-order chi connectivity index (χ0) is 29.2. The first kappa shape index (κ1) is 31.8. The SMILES string of the molecule is C/C=C(\C=C(\C)C(C)=O)c1nc2cc(CNC(C(=O)OC3CCOC3)C(C)C)ccc2n1CC(CCC)CCC. The van der Waals surface area contributed by atoms with Crippen molar-refractivity contribution in [2.45, 2.75) is 106 Å². The Bertz CT molecular complexity index is 1200. The minimum absolute atomic E-state index is 0.0592. The number of allylic oxidation sites excluding steroid dienone is 4. The average Bonchev–Trinajstić information content (AvgIpc) is 3.55. The second kappa shape index (κ2) is 15.3. The molecule has 1 aliphatic heterocycles. The molecule has 2 aromatic rings. The van der Waals surface area contributed by atoms with Gasteiger partial charge in [0.1, 0.15) is 18.0 Å². The van der Waals surface area contributed by atoms with Crippen LogP contribution in [0.25, 0.3) is 16.6 Å². The van der Waals surface area contributed by atoms with Crippen LogP contribution in [0.3, 0.4) is 0 Å². The Morgan fingerprint density at radius 1 is 1.20 bits per heavy atom. The molecule has 1 N–H and O–H groups in total. The van der Waals surface area contributed by atoms with Gasteiger partial charge in [0.25, 0.3) is 0 Å². The number of aromatic nitrogens is 2. The summed E-state index contributed by atoms with van der Waals surface area (Å²) in [6.45, 7) is 16.5. The summed E-state index contributed by atoms with van der Waals surface area (Å²) in [5.41, 5.74) is 4.73. The van der Waals surface area contributed by atoms with Crippen molar-refractivity contribution >= 4 is 28.4 Å². The fourth-order valence-electron chi connectivity index (χ4n) is 5.37. The molecule has 7 heteroatoms. The number of nitrogens with zero attached hydrogens (tertiary/aromatic N) is 2. The van der Waals surface area contributed by atoms with Crippen LogP contribution in [0.2, 0.25) is 0 Å². The number of rotatable bonds is 15. The van der Waals surface area contributed by atoms with Gasteiger partial charge in [-0.05, 0) is 74.8 Å². The van der Waals surface area contributed by atoms with Crippen molar-refractivity contribution in [1.29, 1.82) is 0 Å². The van der Waals surface area contributed by atoms with Crippen molar-refractivity contribution in [3.63, 3.8) is 0 Å². The third kappa shape index (κ3) is 8.37. The highest BCUT2D eigenvalue weighted by Gasteiger charge is 2.28. The molecular weight excluding hydrogens is 502 g/mol. The van der Waals surface area contributed by atoms with Gasteiger partial charge >= 0.3 is 5.97 Å². The van der Waals surface area contributed by atoms with Crippen LogP contribution in [0.15, 0.2) is 35.9 Å². The first-order valence-electron chi connectivity index (χ1n) is 15.0. The van der Waals surface area contributed by atoms with E-state index in [2.05, 4.69) is 41.9 Å². The van der Waals surface area contributed by atoms with Crippen LogP contribution in [0.5, 0.6) is 0 Å². The molecule has 1 aliphatic rings. The van der Waals surface area contributed by atoms with Crippen molar-refractivity contribution in [1.82, 2.24) is 14.9 Å². The molecule has 0 aliphatic carbocycles. The number of Topliss-reactive ketones (excluding diaryl/α,β-unsaturated/α-hetero) is 1. The average molecular weight is 552 g/mol. The van der Waals surface area contributed by atoms with Crippen LogP contribution in [0.4, 0.5) is 0 Å². The predicted octanol–water partition coefficient (Wildman–Crippen LogP) is 6.64. The van der Waals surface area contributed by atoms with E-state index in [0.29, 0.717) is 31.2 Å². The largest absolute Gasteiger partial charge is 0.459 e. The summed E-state index contributed by atoms with van der Waals surface area (Å²) < 4.78 is 13.4. The molecule has 1 saturated heterocycles. The molecule has 2 heterocycles. The maximum Gasteiger partial charge on any atom is 0.323 e. The molecule has 0 saturated carbocycles. The van der Waals surface area contributed by atoms with Gasteiger partial charge in [0, 0.05) is 25.1 Å². The molecular formula is C33H49N3O4. The number of benzene rings is 1. The maximum absolute atomic E-state index is 12.9. The van der Waals surface area contributed by atoms with Gasteiger partial charge < -0.3 is 19.4 Å². The lowest BCUT2D eigenvalue weighted by molar-refractivity contribution is -0.152. The molecule has 3 rings (SSSR count). The Hall–Kier alpha value is -2.77. The predicted molar refractivity (Wildman–Crippen MR) is 162 cm³/mol. The number of carbonyl (C=O) groups excluding carboxylic acids is 2. The zero-order valence-corrected chi connectivity index (χ0v) is 25.6. The van der Waals surface area contributed by atoms with Gasteiger partial charge in [-0.15, -0.1) is 0 Å². The first-order chi connectivity index (χ1) is 19.2. The summed E-state index contributed by atoms with van der Waals surface area (Å²) in [5, 5.41) is 3.43. The van der Waals surface area contributed by atoms with E-state index in [9.17, 15) is 9.59 Å². The fraction of sp³-hybridized carbons (Fsp3) is 0.606. The molecule has 220 valence electrons. The van der Waals surface area contributed by atoms with Gasteiger partial charge in [-0.2, -0.15) is 0 Å². The molecule has 0 spiro atoms. The van der Waals surface area contributed by atoms with Crippen molar-refractivity contribution in [3.05, 3.63) is 47.3 Å². The van der Waals surface area contributed by atoms with E-state index in [0.717, 1.165) is 53.8 Å². The maximum atomic E-state index is 12.9. The third-order valence-electron chi connectivity index (χ3n) is 7.76. The number of ketones is 1. The Morgan fingerprint density at radius 3 is 2.50 bits per heavy atom. The Labute approximate surface area is 240 Å². The number of hydrogen-bond donors (Lipinski definition) is 1. The summed E-state index contributed by atoms with van der Waals surface area (Å²) in [5.74, 6) is 1.38. The van der Waals surface area contributed by atoms with Crippen LogP contribution in [0.1, 0.15) is 92.0 Å². The minimum Gasteiger partial charge on any atom is -0.459 e. The normalized spacial score (nSPS) is 17.3. The monoisotopic (exact) mass is 551 g/mol. The fourth-order valence-corrected chi connectivity index (χ4v) is 5.37. The molecule has 1 aromatic heterocycles. The molecule has 0 radical (unpaired) electrons. The second-order valence-electron chi connectivity index (χ2n) is 11.5. The van der Waals surface area contributed by atoms with Crippen molar-refractivity contribution in [2.75, 3.05) is 13.2 Å². The molecule has 1 fully saturated rings. The Kier molecular flexibility index (Phi) is 12.1. The second-order valence-corrected chi connectivity index (χ2v) is 11.5. The molecule has 7 nitrogen and oxygen atoms in total. The molecule has 40 heavy (non-hydrogen) atoms. The third-order valence-corrected chi connectivity index (χ3v) is 7.76. The summed E-state index contributed by atoms with van der Waals surface area (Å²) >= 11 is 0. The first-order valence-corrected chi connectivity index (χ1v) is 15.0. The van der Waals surface area contributed by atoms with Crippen molar-refractivity contribution in [2.24, 2.45) is 11.8 Å². The number of carbonyl (C=O) groups is 2. The Balaban J connectivity index is 1.92. The highest BCUT2D eigenvalue weighted by atomic mass is 16.6. The quantitative estimate of drug-likeness (QED) is 0.152. The van der Waals surface area contributed by atoms with Gasteiger partial charge in [0.15, 0.2) is 5.78 Å². The number of nitrogens with one attached hydrogen (secondary N) is 1. The Morgan fingerprint density at radius 2 is 1.93 bits per heavy atom. The van der Waals surface area contributed by atoms with Gasteiger partial charge in [0.2, 0.25) is 0 Å². The van der Waals surface area contributed by atoms with E-state index in [4.69, 9.17) is 14.5 Å². The van der Waals surface area contributed by atoms with Crippen LogP contribution in [-0.2, 0) is 32.2 Å². The van der Waals surface area contributed by atoms with Crippen molar-refractivity contribution in [3.8, 4) is 0 Å². The molecule has 0 bridgehead atoms. The lowest BCUT2D eigenvalue weighted by Crippen LogP contribution is -2.43. The van der Waals surface area contributed by atoms with E-state index in [1.807, 2.05) is 39.8 Å². The lowest BCUT2D eigenvalue weighted by atomic mass is 9.98. The standard InChI is InChI=1S/C33H49N3O4/c1-8-11-25(12-9-2)20-36-30-14-13-26(18-29(30)35-32(36)27(10-3)17-23(6)24(7)37)19-34-31(22(4)5)33(38)40-28-15-16-39-21-28/h10,13-14,17-18,22,25,28,31,34H,8-9,11-12,15-16,19-21H2,1-7H3/b23-17-,27-10+. The smallest absolute Gasteiger partial charge is 0.323 e. The van der Waals surface area contributed by atoms with Gasteiger partial charge in [-0.1, -0.05) is 52.7 Å². The lowest BCUT2D eigenvalue weighted by Gasteiger charge is -2.22.